The molecule has 0 fully saturated rings. The highest BCUT2D eigenvalue weighted by Gasteiger charge is 2.33. The van der Waals surface area contributed by atoms with Gasteiger partial charge in [-0.25, -0.2) is 13.8 Å². The minimum Gasteiger partial charge on any atom is -0.485 e. The number of hydrogen-bond donors (Lipinski definition) is 1. The second-order valence-electron chi connectivity index (χ2n) is 6.64. The van der Waals surface area contributed by atoms with E-state index in [9.17, 15) is 9.18 Å². The van der Waals surface area contributed by atoms with E-state index in [4.69, 9.17) is 26.2 Å². The summed E-state index contributed by atoms with van der Waals surface area (Å²) in [7, 11) is 0. The van der Waals surface area contributed by atoms with Crippen LogP contribution in [0.2, 0.25) is 5.02 Å². The highest BCUT2D eigenvalue weighted by atomic mass is 35.5. The van der Waals surface area contributed by atoms with Crippen LogP contribution in [0.25, 0.3) is 11.1 Å². The lowest BCUT2D eigenvalue weighted by Gasteiger charge is -2.15. The van der Waals surface area contributed by atoms with E-state index in [1.165, 1.54) is 0 Å². The Bertz CT molecular complexity index is 1110. The van der Waals surface area contributed by atoms with Crippen molar-refractivity contribution in [3.8, 4) is 22.8 Å². The number of aldehydes is 1. The molecule has 5 nitrogen and oxygen atoms in total. The van der Waals surface area contributed by atoms with Gasteiger partial charge in [0.05, 0.1) is 11.6 Å². The first-order valence-corrected chi connectivity index (χ1v) is 9.53. The van der Waals surface area contributed by atoms with Crippen LogP contribution in [0.15, 0.2) is 42.6 Å². The van der Waals surface area contributed by atoms with Crippen LogP contribution in [0, 0.1) is 11.6 Å². The second-order valence-corrected chi connectivity index (χ2v) is 7.02. The number of benzene rings is 2. The summed E-state index contributed by atoms with van der Waals surface area (Å²) in [4.78, 5) is 15.4. The van der Waals surface area contributed by atoms with Gasteiger partial charge in [0.15, 0.2) is 12.1 Å². The van der Waals surface area contributed by atoms with Crippen LogP contribution in [0.1, 0.15) is 27.6 Å². The average molecular weight is 432 g/mol. The van der Waals surface area contributed by atoms with E-state index in [0.29, 0.717) is 18.3 Å². The zero-order valence-corrected chi connectivity index (χ0v) is 16.3. The fourth-order valence-electron chi connectivity index (χ4n) is 3.51. The summed E-state index contributed by atoms with van der Waals surface area (Å²) >= 11 is 6.25. The van der Waals surface area contributed by atoms with Crippen molar-refractivity contribution in [2.24, 2.45) is 0 Å². The number of fused-ring (bicyclic) bond motifs is 1. The topological polar surface area (TPSA) is 68.7 Å². The van der Waals surface area contributed by atoms with E-state index in [2.05, 4.69) is 4.98 Å². The quantitative estimate of drug-likeness (QED) is 0.580. The van der Waals surface area contributed by atoms with Gasteiger partial charge in [0.2, 0.25) is 0 Å². The maximum absolute atomic E-state index is 15.3. The molecule has 1 aliphatic heterocycles. The number of aliphatic hydroxyl groups excluding tert-OH is 1. The lowest BCUT2D eigenvalue weighted by atomic mass is 9.92. The summed E-state index contributed by atoms with van der Waals surface area (Å²) in [6, 6.07) is 10.5. The Hall–Kier alpha value is -3.03. The summed E-state index contributed by atoms with van der Waals surface area (Å²) in [5, 5.41) is 8.61. The summed E-state index contributed by atoms with van der Waals surface area (Å²) in [6.07, 6.45) is 1.43. The number of carbonyl (C=O) groups excluding carboxylic acids is 1. The lowest BCUT2D eigenvalue weighted by Crippen LogP contribution is -2.08. The van der Waals surface area contributed by atoms with E-state index in [1.54, 1.807) is 0 Å². The van der Waals surface area contributed by atoms with Gasteiger partial charge in [-0.15, -0.1) is 0 Å². The smallest absolute Gasteiger partial charge is 0.251 e. The third kappa shape index (κ3) is 3.51. The summed E-state index contributed by atoms with van der Waals surface area (Å²) < 4.78 is 40.9. The van der Waals surface area contributed by atoms with Crippen molar-refractivity contribution in [1.29, 1.82) is 0 Å². The van der Waals surface area contributed by atoms with Crippen molar-refractivity contribution < 1.29 is 28.2 Å². The van der Waals surface area contributed by atoms with Crippen molar-refractivity contribution in [2.45, 2.75) is 12.5 Å². The van der Waals surface area contributed by atoms with Crippen LogP contribution < -0.4 is 9.47 Å². The van der Waals surface area contributed by atoms with E-state index in [1.807, 2.05) is 30.3 Å². The summed E-state index contributed by atoms with van der Waals surface area (Å²) in [6.45, 7) is -0.549. The number of carbonyl (C=O) groups is 1. The van der Waals surface area contributed by atoms with Crippen molar-refractivity contribution in [1.82, 2.24) is 4.98 Å². The van der Waals surface area contributed by atoms with Crippen LogP contribution in [-0.2, 0) is 6.42 Å². The molecule has 0 amide bonds. The largest absolute Gasteiger partial charge is 0.485 e. The predicted octanol–water partition coefficient (Wildman–Crippen LogP) is 4.54. The molecule has 1 atom stereocenters. The minimum atomic E-state index is -0.967. The van der Waals surface area contributed by atoms with Crippen molar-refractivity contribution in [2.75, 3.05) is 13.2 Å². The number of pyridine rings is 1. The van der Waals surface area contributed by atoms with Crippen LogP contribution in [0.3, 0.4) is 0 Å². The lowest BCUT2D eigenvalue weighted by molar-refractivity contribution is 0.112. The zero-order valence-electron chi connectivity index (χ0n) is 15.6. The Balaban J connectivity index is 1.89. The average Bonchev–Trinajstić information content (AvgIpc) is 3.18. The predicted molar refractivity (Wildman–Crippen MR) is 106 cm³/mol. The molecule has 154 valence electrons. The molecule has 0 radical (unpaired) electrons. The molecular formula is C22H16ClF2NO4. The first kappa shape index (κ1) is 20.3. The first-order valence-electron chi connectivity index (χ1n) is 9.15. The summed E-state index contributed by atoms with van der Waals surface area (Å²) in [5.41, 5.74) is 1.05. The third-order valence-corrected chi connectivity index (χ3v) is 5.21. The van der Waals surface area contributed by atoms with E-state index >= 15 is 4.39 Å². The molecule has 3 aromatic rings. The van der Waals surface area contributed by atoms with Gasteiger partial charge < -0.3 is 14.6 Å². The third-order valence-electron chi connectivity index (χ3n) is 4.84. The normalized spacial score (nSPS) is 14.9. The number of hydrogen-bond acceptors (Lipinski definition) is 5. The highest BCUT2D eigenvalue weighted by Crippen LogP contribution is 2.48. The molecule has 1 unspecified atom stereocenters. The molecule has 1 aromatic heterocycles. The van der Waals surface area contributed by atoms with Gasteiger partial charge in [-0.3, -0.25) is 4.79 Å². The molecule has 30 heavy (non-hydrogen) atoms. The molecule has 2 aromatic carbocycles. The second kappa shape index (κ2) is 8.38. The Morgan fingerprint density at radius 2 is 2.03 bits per heavy atom. The molecule has 1 N–H and O–H groups in total. The monoisotopic (exact) mass is 431 g/mol. The maximum atomic E-state index is 15.3. The molecule has 1 aliphatic rings. The first-order chi connectivity index (χ1) is 14.5. The minimum absolute atomic E-state index is 0.0287. The molecule has 0 saturated carbocycles. The van der Waals surface area contributed by atoms with Crippen molar-refractivity contribution in [3.05, 3.63) is 75.9 Å². The number of aromatic nitrogens is 1. The Morgan fingerprint density at radius 1 is 1.27 bits per heavy atom. The SMILES string of the molecule is O=Cc1cnc(OCCO)c(F)c1-c1c(Cl)c(F)cc2c1CC(c1ccccc1)O2. The fourth-order valence-corrected chi connectivity index (χ4v) is 3.78. The summed E-state index contributed by atoms with van der Waals surface area (Å²) in [5.74, 6) is -1.96. The molecular weight excluding hydrogens is 416 g/mol. The maximum Gasteiger partial charge on any atom is 0.251 e. The van der Waals surface area contributed by atoms with Crippen LogP contribution in [0.5, 0.6) is 11.6 Å². The van der Waals surface area contributed by atoms with Gasteiger partial charge in [-0.1, -0.05) is 41.9 Å². The van der Waals surface area contributed by atoms with E-state index < -0.39 is 23.6 Å². The van der Waals surface area contributed by atoms with Crippen LogP contribution >= 0.6 is 11.6 Å². The Labute approximate surface area is 175 Å². The number of ether oxygens (including phenoxy) is 2. The van der Waals surface area contributed by atoms with Gasteiger partial charge in [-0.2, -0.15) is 0 Å². The van der Waals surface area contributed by atoms with Crippen LogP contribution in [0.4, 0.5) is 8.78 Å². The Morgan fingerprint density at radius 3 is 2.73 bits per heavy atom. The zero-order chi connectivity index (χ0) is 21.3. The van der Waals surface area contributed by atoms with Gasteiger partial charge in [0.25, 0.3) is 5.88 Å². The van der Waals surface area contributed by atoms with Gasteiger partial charge in [0, 0.05) is 40.9 Å². The molecule has 8 heteroatoms. The Kier molecular flexibility index (Phi) is 5.65. The van der Waals surface area contributed by atoms with Gasteiger partial charge in [-0.05, 0) is 5.56 Å². The number of halogens is 3. The number of nitrogens with zero attached hydrogens (tertiary/aromatic N) is 1. The van der Waals surface area contributed by atoms with Crippen LogP contribution in [-0.4, -0.2) is 29.6 Å². The number of aliphatic hydroxyl groups is 1. The molecule has 0 spiro atoms. The number of rotatable bonds is 6. The molecule has 0 aliphatic carbocycles. The van der Waals surface area contributed by atoms with Gasteiger partial charge in [0.1, 0.15) is 24.3 Å². The van der Waals surface area contributed by atoms with Gasteiger partial charge >= 0.3 is 0 Å². The fraction of sp³-hybridized carbons (Fsp3) is 0.182. The standard InChI is InChI=1S/C22H16ClF2NO4/c23-20-15(24)9-17-14(8-16(30-17)12-4-2-1-3-5-12)19(20)18-13(11-28)10-26-22(21(18)25)29-7-6-27/h1-5,9-11,16,27H,6-8H2. The van der Waals surface area contributed by atoms with E-state index in [-0.39, 0.29) is 40.7 Å². The molecule has 4 rings (SSSR count). The highest BCUT2D eigenvalue weighted by molar-refractivity contribution is 6.34. The molecule has 2 heterocycles. The molecule has 0 bridgehead atoms. The van der Waals surface area contributed by atoms with Crippen molar-refractivity contribution >= 4 is 17.9 Å². The van der Waals surface area contributed by atoms with Crippen molar-refractivity contribution in [3.63, 3.8) is 0 Å². The molecule has 0 saturated heterocycles. The van der Waals surface area contributed by atoms with E-state index in [0.717, 1.165) is 17.8 Å².